The monoisotopic (exact) mass is 242 g/mol. The van der Waals surface area contributed by atoms with Gasteiger partial charge in [0.2, 0.25) is 0 Å². The number of ether oxygens (including phenoxy) is 1. The largest absolute Gasteiger partial charge is 0.412 e. The Labute approximate surface area is 98.0 Å². The van der Waals surface area contributed by atoms with Crippen LogP contribution in [0.3, 0.4) is 0 Å². The molecule has 0 aliphatic heterocycles. The van der Waals surface area contributed by atoms with Crippen molar-refractivity contribution in [3.05, 3.63) is 28.8 Å². The molecule has 0 aliphatic rings. The zero-order chi connectivity index (χ0) is 12.0. The molecule has 1 amide bonds. The second-order valence-corrected chi connectivity index (χ2v) is 3.18. The molecular formula is C10H11ClN2O3. The third kappa shape index (κ3) is 3.43. The van der Waals surface area contributed by atoms with Crippen LogP contribution in [0.2, 0.25) is 5.02 Å². The summed E-state index contributed by atoms with van der Waals surface area (Å²) in [6.07, 6.45) is 0.846. The van der Waals surface area contributed by atoms with Crippen molar-refractivity contribution in [2.24, 2.45) is 5.16 Å². The number of hydrogen-bond acceptors (Lipinski definition) is 4. The Morgan fingerprint density at radius 3 is 2.94 bits per heavy atom. The minimum Gasteiger partial charge on any atom is -0.410 e. The minimum atomic E-state index is -0.561. The molecule has 86 valence electrons. The van der Waals surface area contributed by atoms with Crippen molar-refractivity contribution in [3.63, 3.8) is 0 Å². The molecule has 0 saturated carbocycles. The van der Waals surface area contributed by atoms with Crippen molar-refractivity contribution >= 4 is 23.9 Å². The standard InChI is InChI=1S/C10H11ClN2O3/c1-12-10(14)16-9-4-3-8(11)5-7(9)6-13-15-2/h3-6H,1-2H3,(H,12,14). The van der Waals surface area contributed by atoms with Crippen LogP contribution in [0.15, 0.2) is 23.4 Å². The van der Waals surface area contributed by atoms with Crippen LogP contribution in [0.5, 0.6) is 5.75 Å². The van der Waals surface area contributed by atoms with Gasteiger partial charge >= 0.3 is 6.09 Å². The van der Waals surface area contributed by atoms with Gasteiger partial charge in [-0.1, -0.05) is 16.8 Å². The van der Waals surface area contributed by atoms with E-state index in [1.54, 1.807) is 18.2 Å². The zero-order valence-electron chi connectivity index (χ0n) is 8.86. The van der Waals surface area contributed by atoms with E-state index < -0.39 is 6.09 Å². The maximum absolute atomic E-state index is 11.1. The van der Waals surface area contributed by atoms with Crippen LogP contribution in [0, 0.1) is 0 Å². The van der Waals surface area contributed by atoms with Crippen molar-refractivity contribution in [2.45, 2.75) is 0 Å². The molecule has 1 aromatic rings. The van der Waals surface area contributed by atoms with E-state index in [0.717, 1.165) is 0 Å². The predicted octanol–water partition coefficient (Wildman–Crippen LogP) is 2.04. The Balaban J connectivity index is 2.97. The quantitative estimate of drug-likeness (QED) is 0.652. The fourth-order valence-corrected chi connectivity index (χ4v) is 1.15. The molecule has 16 heavy (non-hydrogen) atoms. The van der Waals surface area contributed by atoms with E-state index in [2.05, 4.69) is 15.3 Å². The van der Waals surface area contributed by atoms with Crippen LogP contribution in [-0.2, 0) is 4.84 Å². The first-order valence-electron chi connectivity index (χ1n) is 4.43. The molecule has 0 fully saturated rings. The van der Waals surface area contributed by atoms with E-state index in [9.17, 15) is 4.79 Å². The highest BCUT2D eigenvalue weighted by Gasteiger charge is 2.07. The van der Waals surface area contributed by atoms with Crippen molar-refractivity contribution in [2.75, 3.05) is 14.2 Å². The lowest BCUT2D eigenvalue weighted by Gasteiger charge is -2.06. The predicted molar refractivity (Wildman–Crippen MR) is 61.1 cm³/mol. The Bertz CT molecular complexity index is 407. The molecule has 1 aromatic carbocycles. The number of carbonyl (C=O) groups excluding carboxylic acids is 1. The van der Waals surface area contributed by atoms with Gasteiger partial charge in [0.05, 0.1) is 6.21 Å². The SMILES string of the molecule is CNC(=O)Oc1ccc(Cl)cc1C=NOC. The van der Waals surface area contributed by atoms with Crippen LogP contribution >= 0.6 is 11.6 Å². The molecule has 6 heteroatoms. The summed E-state index contributed by atoms with van der Waals surface area (Å²) in [5.41, 5.74) is 0.554. The molecular weight excluding hydrogens is 232 g/mol. The van der Waals surface area contributed by atoms with E-state index >= 15 is 0 Å². The van der Waals surface area contributed by atoms with Crippen LogP contribution in [0.25, 0.3) is 0 Å². The number of halogens is 1. The maximum Gasteiger partial charge on any atom is 0.412 e. The first-order chi connectivity index (χ1) is 7.67. The third-order valence-corrected chi connectivity index (χ3v) is 1.91. The smallest absolute Gasteiger partial charge is 0.410 e. The molecule has 1 rings (SSSR count). The molecule has 0 atom stereocenters. The molecule has 0 bridgehead atoms. The third-order valence-electron chi connectivity index (χ3n) is 1.68. The molecule has 0 radical (unpaired) electrons. The number of hydrogen-bond donors (Lipinski definition) is 1. The summed E-state index contributed by atoms with van der Waals surface area (Å²) in [6.45, 7) is 0. The molecule has 0 unspecified atom stereocenters. The molecule has 1 N–H and O–H groups in total. The van der Waals surface area contributed by atoms with Crippen LogP contribution in [0.1, 0.15) is 5.56 Å². The van der Waals surface area contributed by atoms with E-state index in [1.165, 1.54) is 20.4 Å². The summed E-state index contributed by atoms with van der Waals surface area (Å²) in [5, 5.41) is 6.44. The van der Waals surface area contributed by atoms with Crippen molar-refractivity contribution < 1.29 is 14.4 Å². The first kappa shape index (κ1) is 12.3. The van der Waals surface area contributed by atoms with E-state index in [0.29, 0.717) is 16.3 Å². The lowest BCUT2D eigenvalue weighted by atomic mass is 10.2. The Morgan fingerprint density at radius 1 is 1.56 bits per heavy atom. The lowest BCUT2D eigenvalue weighted by molar-refractivity contribution is 0.202. The molecule has 0 aromatic heterocycles. The van der Waals surface area contributed by atoms with Crippen molar-refractivity contribution in [1.82, 2.24) is 5.32 Å². The summed E-state index contributed by atoms with van der Waals surface area (Å²) in [5.74, 6) is 0.351. The highest BCUT2D eigenvalue weighted by Crippen LogP contribution is 2.21. The van der Waals surface area contributed by atoms with E-state index in [1.807, 2.05) is 0 Å². The number of carbonyl (C=O) groups is 1. The summed E-state index contributed by atoms with van der Waals surface area (Å²) in [7, 11) is 2.89. The topological polar surface area (TPSA) is 59.9 Å². The van der Waals surface area contributed by atoms with Gasteiger partial charge in [0.25, 0.3) is 0 Å². The van der Waals surface area contributed by atoms with Gasteiger partial charge in [-0.2, -0.15) is 0 Å². The number of benzene rings is 1. The fraction of sp³-hybridized carbons (Fsp3) is 0.200. The van der Waals surface area contributed by atoms with Crippen LogP contribution in [-0.4, -0.2) is 26.5 Å². The number of amides is 1. The molecule has 0 heterocycles. The molecule has 5 nitrogen and oxygen atoms in total. The lowest BCUT2D eigenvalue weighted by Crippen LogP contribution is -2.22. The zero-order valence-corrected chi connectivity index (χ0v) is 9.62. The second-order valence-electron chi connectivity index (χ2n) is 2.74. The van der Waals surface area contributed by atoms with Crippen molar-refractivity contribution in [3.8, 4) is 5.75 Å². The fourth-order valence-electron chi connectivity index (χ4n) is 0.974. The van der Waals surface area contributed by atoms with Crippen molar-refractivity contribution in [1.29, 1.82) is 0 Å². The summed E-state index contributed by atoms with van der Waals surface area (Å²) >= 11 is 5.81. The Kier molecular flexibility index (Phi) is 4.60. The average Bonchev–Trinajstić information content (AvgIpc) is 2.29. The van der Waals surface area contributed by atoms with Crippen LogP contribution in [0.4, 0.5) is 4.79 Å². The first-order valence-corrected chi connectivity index (χ1v) is 4.81. The summed E-state index contributed by atoms with van der Waals surface area (Å²) < 4.78 is 4.99. The summed E-state index contributed by atoms with van der Waals surface area (Å²) in [6, 6.07) is 4.81. The maximum atomic E-state index is 11.1. The number of nitrogens with zero attached hydrogens (tertiary/aromatic N) is 1. The van der Waals surface area contributed by atoms with Gasteiger partial charge in [-0.05, 0) is 18.2 Å². The highest BCUT2D eigenvalue weighted by molar-refractivity contribution is 6.30. The number of nitrogens with one attached hydrogen (secondary N) is 1. The Hall–Kier alpha value is -1.75. The summed E-state index contributed by atoms with van der Waals surface area (Å²) in [4.78, 5) is 15.6. The average molecular weight is 243 g/mol. The van der Waals surface area contributed by atoms with Gasteiger partial charge in [-0.25, -0.2) is 4.79 Å². The van der Waals surface area contributed by atoms with Gasteiger partial charge < -0.3 is 14.9 Å². The van der Waals surface area contributed by atoms with E-state index in [4.69, 9.17) is 16.3 Å². The highest BCUT2D eigenvalue weighted by atomic mass is 35.5. The molecule has 0 aliphatic carbocycles. The Morgan fingerprint density at radius 2 is 2.31 bits per heavy atom. The van der Waals surface area contributed by atoms with Gasteiger partial charge in [0, 0.05) is 17.6 Å². The normalized spacial score (nSPS) is 10.2. The second kappa shape index (κ2) is 5.97. The van der Waals surface area contributed by atoms with Crippen LogP contribution < -0.4 is 10.1 Å². The van der Waals surface area contributed by atoms with Gasteiger partial charge in [-0.3, -0.25) is 0 Å². The minimum absolute atomic E-state index is 0.351. The van der Waals surface area contributed by atoms with Gasteiger partial charge in [0.15, 0.2) is 0 Å². The molecule has 0 saturated heterocycles. The van der Waals surface area contributed by atoms with Gasteiger partial charge in [-0.15, -0.1) is 0 Å². The van der Waals surface area contributed by atoms with E-state index in [-0.39, 0.29) is 0 Å². The number of oxime groups is 1. The van der Waals surface area contributed by atoms with Gasteiger partial charge in [0.1, 0.15) is 12.9 Å². The molecule has 0 spiro atoms. The number of rotatable bonds is 3.